The molecule has 0 amide bonds. The Morgan fingerprint density at radius 1 is 1.38 bits per heavy atom. The molecule has 7 heteroatoms. The van der Waals surface area contributed by atoms with Crippen LogP contribution in [0.3, 0.4) is 0 Å². The highest BCUT2D eigenvalue weighted by atomic mass is 79.9. The van der Waals surface area contributed by atoms with E-state index in [1.54, 1.807) is 12.1 Å². The molecule has 2 aromatic rings. The monoisotopic (exact) mass is 353 g/mol. The number of hydrogen-bond acceptors (Lipinski definition) is 5. The van der Waals surface area contributed by atoms with Crippen LogP contribution in [0.25, 0.3) is 0 Å². The smallest absolute Gasteiger partial charge is 0.292 e. The van der Waals surface area contributed by atoms with Crippen molar-refractivity contribution in [3.8, 4) is 0 Å². The van der Waals surface area contributed by atoms with Gasteiger partial charge in [-0.05, 0) is 18.6 Å². The molecule has 0 aliphatic heterocycles. The van der Waals surface area contributed by atoms with Crippen molar-refractivity contribution in [2.24, 2.45) is 0 Å². The maximum absolute atomic E-state index is 11.1. The molecule has 21 heavy (non-hydrogen) atoms. The van der Waals surface area contributed by atoms with Crippen LogP contribution in [0, 0.1) is 10.1 Å². The number of nitrogens with zero attached hydrogens (tertiary/aromatic N) is 2. The molecular formula is C14H16BrN3O3. The second-order valence-corrected chi connectivity index (χ2v) is 5.43. The van der Waals surface area contributed by atoms with Crippen molar-refractivity contribution in [1.29, 1.82) is 0 Å². The summed E-state index contributed by atoms with van der Waals surface area (Å²) >= 11 is 3.33. The largest absolute Gasteiger partial charge is 0.375 e. The zero-order valence-corrected chi connectivity index (χ0v) is 13.4. The van der Waals surface area contributed by atoms with Crippen molar-refractivity contribution in [2.45, 2.75) is 33.2 Å². The van der Waals surface area contributed by atoms with Crippen molar-refractivity contribution in [2.75, 3.05) is 5.32 Å². The summed E-state index contributed by atoms with van der Waals surface area (Å²) in [6, 6.07) is 4.82. The standard InChI is InChI=1S/C14H16BrN3O3/c1-3-11-10(14(4-2)21-17-11)8-16-12-7-9(15)5-6-13(12)18(19)20/h5-7,16H,3-4,8H2,1-2H3. The zero-order valence-electron chi connectivity index (χ0n) is 11.9. The predicted molar refractivity (Wildman–Crippen MR) is 83.4 cm³/mol. The molecule has 0 fully saturated rings. The highest BCUT2D eigenvalue weighted by Gasteiger charge is 2.17. The van der Waals surface area contributed by atoms with Gasteiger partial charge in [0.05, 0.1) is 10.6 Å². The van der Waals surface area contributed by atoms with E-state index < -0.39 is 4.92 Å². The van der Waals surface area contributed by atoms with Gasteiger partial charge in [0.1, 0.15) is 11.4 Å². The van der Waals surface area contributed by atoms with Crippen LogP contribution in [0.15, 0.2) is 27.2 Å². The van der Waals surface area contributed by atoms with E-state index in [0.717, 1.165) is 34.3 Å². The first-order chi connectivity index (χ1) is 10.1. The molecule has 0 unspecified atom stereocenters. The maximum atomic E-state index is 11.1. The quantitative estimate of drug-likeness (QED) is 0.624. The van der Waals surface area contributed by atoms with Crippen molar-refractivity contribution >= 4 is 27.3 Å². The number of aromatic nitrogens is 1. The molecule has 0 saturated carbocycles. The van der Waals surface area contributed by atoms with Gasteiger partial charge in [0, 0.05) is 29.1 Å². The molecule has 0 saturated heterocycles. The van der Waals surface area contributed by atoms with Crippen molar-refractivity contribution in [3.05, 3.63) is 49.8 Å². The van der Waals surface area contributed by atoms with E-state index >= 15 is 0 Å². The molecule has 0 spiro atoms. The Labute approximate surface area is 130 Å². The molecule has 1 N–H and O–H groups in total. The molecule has 2 rings (SSSR count). The molecule has 1 heterocycles. The second-order valence-electron chi connectivity index (χ2n) is 4.51. The number of nitro groups is 1. The zero-order chi connectivity index (χ0) is 15.4. The van der Waals surface area contributed by atoms with E-state index in [1.165, 1.54) is 6.07 Å². The number of nitrogens with one attached hydrogen (secondary N) is 1. The fraction of sp³-hybridized carbons (Fsp3) is 0.357. The first-order valence-corrected chi connectivity index (χ1v) is 7.50. The Balaban J connectivity index is 2.26. The molecular weight excluding hydrogens is 338 g/mol. The van der Waals surface area contributed by atoms with E-state index in [0.29, 0.717) is 12.2 Å². The lowest BCUT2D eigenvalue weighted by Gasteiger charge is -2.08. The third kappa shape index (κ3) is 3.41. The maximum Gasteiger partial charge on any atom is 0.292 e. The van der Waals surface area contributed by atoms with Crippen LogP contribution in [0.5, 0.6) is 0 Å². The summed E-state index contributed by atoms with van der Waals surface area (Å²) in [5.74, 6) is 0.817. The number of aryl methyl sites for hydroxylation is 2. The lowest BCUT2D eigenvalue weighted by Crippen LogP contribution is -2.05. The Kier molecular flexibility index (Phi) is 4.95. The van der Waals surface area contributed by atoms with E-state index in [-0.39, 0.29) is 5.69 Å². The Hall–Kier alpha value is -1.89. The van der Waals surface area contributed by atoms with Crippen LogP contribution in [0.2, 0.25) is 0 Å². The van der Waals surface area contributed by atoms with Crippen LogP contribution in [0.4, 0.5) is 11.4 Å². The van der Waals surface area contributed by atoms with Crippen LogP contribution in [-0.4, -0.2) is 10.1 Å². The minimum Gasteiger partial charge on any atom is -0.375 e. The predicted octanol–water partition coefficient (Wildman–Crippen LogP) is 4.08. The minimum atomic E-state index is -0.399. The van der Waals surface area contributed by atoms with E-state index in [1.807, 2.05) is 13.8 Å². The number of benzene rings is 1. The van der Waals surface area contributed by atoms with Gasteiger partial charge in [0.25, 0.3) is 5.69 Å². The minimum absolute atomic E-state index is 0.0470. The molecule has 1 aromatic heterocycles. The lowest BCUT2D eigenvalue weighted by atomic mass is 10.1. The summed E-state index contributed by atoms with van der Waals surface area (Å²) in [5.41, 5.74) is 2.39. The van der Waals surface area contributed by atoms with Gasteiger partial charge in [-0.2, -0.15) is 0 Å². The van der Waals surface area contributed by atoms with Gasteiger partial charge in [-0.3, -0.25) is 10.1 Å². The van der Waals surface area contributed by atoms with Gasteiger partial charge in [-0.15, -0.1) is 0 Å². The summed E-state index contributed by atoms with van der Waals surface area (Å²) in [5, 5.41) is 18.2. The Morgan fingerprint density at radius 3 is 2.76 bits per heavy atom. The number of anilines is 1. The first kappa shape index (κ1) is 15.5. The van der Waals surface area contributed by atoms with E-state index in [4.69, 9.17) is 4.52 Å². The number of rotatable bonds is 6. The van der Waals surface area contributed by atoms with Gasteiger partial charge >= 0.3 is 0 Å². The SMILES string of the molecule is CCc1noc(CC)c1CNc1cc(Br)ccc1[N+](=O)[O-]. The summed E-state index contributed by atoms with van der Waals surface area (Å²) < 4.78 is 6.08. The average molecular weight is 354 g/mol. The molecule has 6 nitrogen and oxygen atoms in total. The third-order valence-corrected chi connectivity index (χ3v) is 3.71. The fourth-order valence-corrected chi connectivity index (χ4v) is 2.49. The number of halogens is 1. The van der Waals surface area contributed by atoms with Crippen LogP contribution < -0.4 is 5.32 Å². The summed E-state index contributed by atoms with van der Waals surface area (Å²) in [7, 11) is 0. The molecule has 0 atom stereocenters. The lowest BCUT2D eigenvalue weighted by molar-refractivity contribution is -0.384. The molecule has 0 aliphatic carbocycles. The molecule has 0 aliphatic rings. The van der Waals surface area contributed by atoms with Crippen molar-refractivity contribution in [1.82, 2.24) is 5.16 Å². The highest BCUT2D eigenvalue weighted by molar-refractivity contribution is 9.10. The highest BCUT2D eigenvalue weighted by Crippen LogP contribution is 2.29. The second kappa shape index (κ2) is 6.71. The fourth-order valence-electron chi connectivity index (χ4n) is 2.13. The van der Waals surface area contributed by atoms with Gasteiger partial charge in [0.15, 0.2) is 0 Å². The average Bonchev–Trinajstić information content (AvgIpc) is 2.86. The molecule has 0 bridgehead atoms. The summed E-state index contributed by atoms with van der Waals surface area (Å²) in [6.45, 7) is 4.44. The van der Waals surface area contributed by atoms with E-state index in [9.17, 15) is 10.1 Å². The van der Waals surface area contributed by atoms with Gasteiger partial charge in [-0.25, -0.2) is 0 Å². The topological polar surface area (TPSA) is 81.2 Å². The Bertz CT molecular complexity index is 633. The third-order valence-electron chi connectivity index (χ3n) is 3.22. The normalized spacial score (nSPS) is 10.6. The molecule has 112 valence electrons. The van der Waals surface area contributed by atoms with E-state index in [2.05, 4.69) is 26.4 Å². The molecule has 0 radical (unpaired) electrons. The Morgan fingerprint density at radius 2 is 2.14 bits per heavy atom. The van der Waals surface area contributed by atoms with Gasteiger partial charge in [-0.1, -0.05) is 34.9 Å². The number of nitro benzene ring substituents is 1. The van der Waals surface area contributed by atoms with Crippen LogP contribution in [0.1, 0.15) is 30.9 Å². The van der Waals surface area contributed by atoms with Crippen LogP contribution >= 0.6 is 15.9 Å². The first-order valence-electron chi connectivity index (χ1n) is 6.70. The van der Waals surface area contributed by atoms with Gasteiger partial charge < -0.3 is 9.84 Å². The van der Waals surface area contributed by atoms with Crippen molar-refractivity contribution in [3.63, 3.8) is 0 Å². The van der Waals surface area contributed by atoms with Crippen LogP contribution in [-0.2, 0) is 19.4 Å². The summed E-state index contributed by atoms with van der Waals surface area (Å²) in [4.78, 5) is 10.7. The number of hydrogen-bond donors (Lipinski definition) is 1. The van der Waals surface area contributed by atoms with Gasteiger partial charge in [0.2, 0.25) is 0 Å². The summed E-state index contributed by atoms with van der Waals surface area (Å²) in [6.07, 6.45) is 1.51. The van der Waals surface area contributed by atoms with Crippen molar-refractivity contribution < 1.29 is 9.45 Å². The molecule has 1 aromatic carbocycles.